The zero-order valence-corrected chi connectivity index (χ0v) is 11.3. The van der Waals surface area contributed by atoms with Gasteiger partial charge < -0.3 is 15.0 Å². The summed E-state index contributed by atoms with van der Waals surface area (Å²) in [5.41, 5.74) is 0. The number of halogens is 1. The summed E-state index contributed by atoms with van der Waals surface area (Å²) in [6.45, 7) is 3.53. The molecule has 100 valence electrons. The molecule has 4 nitrogen and oxygen atoms in total. The Balaban J connectivity index is 0.00000144. The molecule has 2 heterocycles. The minimum absolute atomic E-state index is 0. The van der Waals surface area contributed by atoms with Gasteiger partial charge in [-0.3, -0.25) is 4.79 Å². The smallest absolute Gasteiger partial charge is 0.239 e. The molecule has 1 amide bonds. The van der Waals surface area contributed by atoms with Crippen LogP contribution < -0.4 is 5.32 Å². The largest absolute Gasteiger partial charge is 0.381 e. The zero-order chi connectivity index (χ0) is 11.4. The lowest BCUT2D eigenvalue weighted by Gasteiger charge is -2.28. The van der Waals surface area contributed by atoms with E-state index in [-0.39, 0.29) is 24.4 Å². The highest BCUT2D eigenvalue weighted by atomic mass is 35.5. The highest BCUT2D eigenvalue weighted by Gasteiger charge is 2.26. The van der Waals surface area contributed by atoms with Crippen molar-refractivity contribution in [3.8, 4) is 0 Å². The van der Waals surface area contributed by atoms with Crippen LogP contribution in [0.3, 0.4) is 0 Å². The normalized spacial score (nSPS) is 28.5. The lowest BCUT2D eigenvalue weighted by atomic mass is 10.0. The quantitative estimate of drug-likeness (QED) is 0.827. The van der Waals surface area contributed by atoms with Gasteiger partial charge in [-0.05, 0) is 38.1 Å². The summed E-state index contributed by atoms with van der Waals surface area (Å²) in [6.07, 6.45) is 4.44. The average Bonchev–Trinajstić information content (AvgIpc) is 2.83. The van der Waals surface area contributed by atoms with E-state index in [1.165, 1.54) is 6.42 Å². The van der Waals surface area contributed by atoms with Crippen molar-refractivity contribution in [2.75, 3.05) is 33.4 Å². The van der Waals surface area contributed by atoms with Gasteiger partial charge in [-0.15, -0.1) is 12.4 Å². The van der Waals surface area contributed by atoms with Crippen molar-refractivity contribution in [3.05, 3.63) is 0 Å². The van der Waals surface area contributed by atoms with Crippen molar-refractivity contribution in [1.82, 2.24) is 10.2 Å². The second kappa shape index (κ2) is 7.19. The topological polar surface area (TPSA) is 41.6 Å². The fourth-order valence-electron chi connectivity index (χ4n) is 2.59. The Labute approximate surface area is 109 Å². The molecular formula is C12H23ClN2O2. The van der Waals surface area contributed by atoms with E-state index in [9.17, 15) is 4.79 Å². The first-order chi connectivity index (χ1) is 7.77. The van der Waals surface area contributed by atoms with Crippen LogP contribution in [0, 0.1) is 5.92 Å². The van der Waals surface area contributed by atoms with Crippen molar-refractivity contribution in [3.63, 3.8) is 0 Å². The van der Waals surface area contributed by atoms with E-state index in [4.69, 9.17) is 4.74 Å². The molecule has 2 atom stereocenters. The third-order valence-corrected chi connectivity index (χ3v) is 3.52. The second-order valence-corrected chi connectivity index (χ2v) is 4.95. The summed E-state index contributed by atoms with van der Waals surface area (Å²) < 4.78 is 5.43. The molecule has 0 radical (unpaired) electrons. The Hall–Kier alpha value is -0.320. The highest BCUT2D eigenvalue weighted by molar-refractivity contribution is 5.85. The summed E-state index contributed by atoms with van der Waals surface area (Å²) in [7, 11) is 1.91. The fraction of sp³-hybridized carbons (Fsp3) is 0.917. The van der Waals surface area contributed by atoms with E-state index in [1.54, 1.807) is 0 Å². The Morgan fingerprint density at radius 1 is 1.41 bits per heavy atom. The van der Waals surface area contributed by atoms with Gasteiger partial charge in [0.05, 0.1) is 12.6 Å². The van der Waals surface area contributed by atoms with Crippen molar-refractivity contribution in [1.29, 1.82) is 0 Å². The van der Waals surface area contributed by atoms with E-state index in [2.05, 4.69) is 5.32 Å². The molecule has 0 aromatic heterocycles. The summed E-state index contributed by atoms with van der Waals surface area (Å²) in [5, 5.41) is 3.25. The maximum Gasteiger partial charge on any atom is 0.239 e. The average molecular weight is 263 g/mol. The molecule has 2 rings (SSSR count). The predicted molar refractivity (Wildman–Crippen MR) is 69.5 cm³/mol. The van der Waals surface area contributed by atoms with Crippen molar-refractivity contribution in [2.24, 2.45) is 5.92 Å². The number of hydrogen-bond acceptors (Lipinski definition) is 3. The van der Waals surface area contributed by atoms with Crippen LogP contribution in [0.1, 0.15) is 25.7 Å². The van der Waals surface area contributed by atoms with Gasteiger partial charge in [0.15, 0.2) is 0 Å². The molecule has 2 unspecified atom stereocenters. The van der Waals surface area contributed by atoms with Crippen LogP contribution in [0.5, 0.6) is 0 Å². The summed E-state index contributed by atoms with van der Waals surface area (Å²) in [6, 6.07) is 0.0644. The summed E-state index contributed by atoms with van der Waals surface area (Å²) >= 11 is 0. The molecule has 2 aliphatic heterocycles. The number of likely N-dealkylation sites (N-methyl/N-ethyl adjacent to an activating group) is 1. The Morgan fingerprint density at radius 3 is 2.82 bits per heavy atom. The van der Waals surface area contributed by atoms with E-state index >= 15 is 0 Å². The van der Waals surface area contributed by atoms with E-state index in [0.29, 0.717) is 5.92 Å². The number of nitrogens with zero attached hydrogens (tertiary/aromatic N) is 1. The van der Waals surface area contributed by atoms with Crippen LogP contribution in [-0.4, -0.2) is 50.2 Å². The summed E-state index contributed by atoms with van der Waals surface area (Å²) in [5.74, 6) is 0.784. The van der Waals surface area contributed by atoms with Crippen molar-refractivity contribution >= 4 is 18.3 Å². The van der Waals surface area contributed by atoms with Crippen LogP contribution in [0.2, 0.25) is 0 Å². The van der Waals surface area contributed by atoms with Crippen molar-refractivity contribution in [2.45, 2.75) is 31.7 Å². The van der Waals surface area contributed by atoms with Gasteiger partial charge in [-0.25, -0.2) is 0 Å². The van der Waals surface area contributed by atoms with Crippen molar-refractivity contribution < 1.29 is 9.53 Å². The lowest BCUT2D eigenvalue weighted by Crippen LogP contribution is -2.44. The Kier molecular flexibility index (Phi) is 6.23. The van der Waals surface area contributed by atoms with E-state index in [0.717, 1.165) is 45.6 Å². The van der Waals surface area contributed by atoms with E-state index in [1.807, 2.05) is 11.9 Å². The maximum absolute atomic E-state index is 12.0. The third kappa shape index (κ3) is 4.12. The van der Waals surface area contributed by atoms with Gasteiger partial charge in [0, 0.05) is 20.2 Å². The monoisotopic (exact) mass is 262 g/mol. The minimum Gasteiger partial charge on any atom is -0.381 e. The number of ether oxygens (including phenoxy) is 1. The first-order valence-electron chi connectivity index (χ1n) is 6.33. The van der Waals surface area contributed by atoms with Crippen LogP contribution in [-0.2, 0) is 9.53 Å². The third-order valence-electron chi connectivity index (χ3n) is 3.52. The molecule has 1 N–H and O–H groups in total. The fourth-order valence-corrected chi connectivity index (χ4v) is 2.59. The molecule has 0 spiro atoms. The number of rotatable bonds is 3. The number of hydrogen-bond donors (Lipinski definition) is 1. The number of carbonyl (C=O) groups excluding carboxylic acids is 1. The summed E-state index contributed by atoms with van der Waals surface area (Å²) in [4.78, 5) is 13.9. The number of carbonyl (C=O) groups is 1. The SMILES string of the molecule is CN(CC1CCCOC1)C(=O)C1CCCN1.Cl. The molecular weight excluding hydrogens is 240 g/mol. The maximum atomic E-state index is 12.0. The zero-order valence-electron chi connectivity index (χ0n) is 10.5. The molecule has 2 saturated heterocycles. The van der Waals surface area contributed by atoms with Gasteiger partial charge in [0.2, 0.25) is 5.91 Å². The van der Waals surface area contributed by atoms with Crippen LogP contribution in [0.15, 0.2) is 0 Å². The molecule has 5 heteroatoms. The molecule has 0 aromatic carbocycles. The lowest BCUT2D eigenvalue weighted by molar-refractivity contribution is -0.132. The standard InChI is InChI=1S/C12H22N2O2.ClH/c1-14(8-10-4-3-7-16-9-10)12(15)11-5-2-6-13-11;/h10-11,13H,2-9H2,1H3;1H. The van der Waals surface area contributed by atoms with Crippen LogP contribution in [0.4, 0.5) is 0 Å². The molecule has 17 heavy (non-hydrogen) atoms. The molecule has 2 fully saturated rings. The van der Waals surface area contributed by atoms with Gasteiger partial charge in [-0.2, -0.15) is 0 Å². The first-order valence-corrected chi connectivity index (χ1v) is 6.33. The minimum atomic E-state index is 0. The highest BCUT2D eigenvalue weighted by Crippen LogP contribution is 2.16. The van der Waals surface area contributed by atoms with Gasteiger partial charge in [-0.1, -0.05) is 0 Å². The Bertz CT molecular complexity index is 239. The number of amides is 1. The van der Waals surface area contributed by atoms with Gasteiger partial charge >= 0.3 is 0 Å². The first kappa shape index (κ1) is 14.7. The second-order valence-electron chi connectivity index (χ2n) is 4.95. The predicted octanol–water partition coefficient (Wildman–Crippen LogP) is 1.05. The van der Waals surface area contributed by atoms with Crippen LogP contribution >= 0.6 is 12.4 Å². The molecule has 0 aliphatic carbocycles. The molecule has 0 bridgehead atoms. The van der Waals surface area contributed by atoms with E-state index < -0.39 is 0 Å². The molecule has 0 aromatic rings. The van der Waals surface area contributed by atoms with Gasteiger partial charge in [0.1, 0.15) is 0 Å². The Morgan fingerprint density at radius 2 is 2.24 bits per heavy atom. The molecule has 2 aliphatic rings. The van der Waals surface area contributed by atoms with Gasteiger partial charge in [0.25, 0.3) is 0 Å². The van der Waals surface area contributed by atoms with Crippen LogP contribution in [0.25, 0.3) is 0 Å². The molecule has 0 saturated carbocycles. The number of nitrogens with one attached hydrogen (secondary N) is 1.